The number of carbonyl (C=O) groups excluding carboxylic acids is 1. The van der Waals surface area contributed by atoms with E-state index in [-0.39, 0.29) is 11.5 Å². The largest absolute Gasteiger partial charge is 0.508 e. The number of aromatic hydroxyl groups is 1. The van der Waals surface area contributed by atoms with Gasteiger partial charge in [-0.05, 0) is 35.4 Å². The summed E-state index contributed by atoms with van der Waals surface area (Å²) in [5, 5.41) is 10.2. The van der Waals surface area contributed by atoms with Crippen molar-refractivity contribution in [1.82, 2.24) is 4.98 Å². The maximum Gasteiger partial charge on any atom is 0.163 e. The highest BCUT2D eigenvalue weighted by molar-refractivity contribution is 6.07. The van der Waals surface area contributed by atoms with E-state index in [2.05, 4.69) is 4.98 Å². The molecule has 0 amide bonds. The molecule has 1 aromatic heterocycles. The number of hydrogen-bond acceptors (Lipinski definition) is 3. The van der Waals surface area contributed by atoms with Crippen LogP contribution in [0.1, 0.15) is 23.7 Å². The molecular formula is C18H15NO2. The third-order valence-electron chi connectivity index (χ3n) is 3.56. The van der Waals surface area contributed by atoms with E-state index in [0.29, 0.717) is 6.42 Å². The van der Waals surface area contributed by atoms with Gasteiger partial charge in [-0.3, -0.25) is 9.78 Å². The molecule has 0 bridgehead atoms. The zero-order valence-corrected chi connectivity index (χ0v) is 11.7. The summed E-state index contributed by atoms with van der Waals surface area (Å²) in [6.45, 7) is 1.86. The molecule has 0 fully saturated rings. The average molecular weight is 277 g/mol. The molecule has 1 N–H and O–H groups in total. The Morgan fingerprint density at radius 2 is 1.76 bits per heavy atom. The van der Waals surface area contributed by atoms with Crippen LogP contribution in [0, 0.1) is 0 Å². The Morgan fingerprint density at radius 1 is 1.05 bits per heavy atom. The fourth-order valence-corrected chi connectivity index (χ4v) is 2.42. The van der Waals surface area contributed by atoms with Crippen LogP contribution in [-0.4, -0.2) is 15.9 Å². The van der Waals surface area contributed by atoms with Crippen molar-refractivity contribution < 1.29 is 9.90 Å². The molecule has 0 aliphatic carbocycles. The van der Waals surface area contributed by atoms with Gasteiger partial charge in [0.2, 0.25) is 0 Å². The number of hydrogen-bond donors (Lipinski definition) is 1. The first-order chi connectivity index (χ1) is 10.2. The Labute approximate surface area is 122 Å². The summed E-state index contributed by atoms with van der Waals surface area (Å²) >= 11 is 0. The van der Waals surface area contributed by atoms with Crippen molar-refractivity contribution in [3.8, 4) is 16.9 Å². The number of nitrogens with zero attached hydrogens (tertiary/aromatic N) is 1. The molecule has 0 unspecified atom stereocenters. The second-order valence-corrected chi connectivity index (χ2v) is 4.91. The number of carbonyl (C=O) groups is 1. The third kappa shape index (κ3) is 2.50. The minimum absolute atomic E-state index is 0.125. The molecule has 0 aliphatic heterocycles. The van der Waals surface area contributed by atoms with Gasteiger partial charge in [-0.25, -0.2) is 0 Å². The molecule has 21 heavy (non-hydrogen) atoms. The van der Waals surface area contributed by atoms with Crippen molar-refractivity contribution in [2.24, 2.45) is 0 Å². The van der Waals surface area contributed by atoms with Gasteiger partial charge >= 0.3 is 0 Å². The first kappa shape index (κ1) is 13.3. The van der Waals surface area contributed by atoms with Crippen molar-refractivity contribution in [2.45, 2.75) is 13.3 Å². The molecule has 104 valence electrons. The highest BCUT2D eigenvalue weighted by Gasteiger charge is 2.09. The highest BCUT2D eigenvalue weighted by Crippen LogP contribution is 2.26. The lowest BCUT2D eigenvalue weighted by Gasteiger charge is -2.07. The van der Waals surface area contributed by atoms with Gasteiger partial charge in [0.05, 0.1) is 5.52 Å². The summed E-state index contributed by atoms with van der Waals surface area (Å²) in [4.78, 5) is 16.3. The van der Waals surface area contributed by atoms with Crippen LogP contribution in [-0.2, 0) is 0 Å². The predicted octanol–water partition coefficient (Wildman–Crippen LogP) is 4.20. The minimum atomic E-state index is 0.125. The summed E-state index contributed by atoms with van der Waals surface area (Å²) in [6, 6.07) is 14.7. The number of phenols is 1. The summed E-state index contributed by atoms with van der Waals surface area (Å²) in [7, 11) is 0. The van der Waals surface area contributed by atoms with Crippen LogP contribution in [0.2, 0.25) is 0 Å². The smallest absolute Gasteiger partial charge is 0.163 e. The quantitative estimate of drug-likeness (QED) is 0.730. The fraction of sp³-hybridized carbons (Fsp3) is 0.111. The molecule has 0 atom stereocenters. The van der Waals surface area contributed by atoms with Gasteiger partial charge in [0.25, 0.3) is 0 Å². The molecular weight excluding hydrogens is 262 g/mol. The lowest BCUT2D eigenvalue weighted by Crippen LogP contribution is -1.98. The molecule has 2 aromatic carbocycles. The second kappa shape index (κ2) is 5.37. The standard InChI is InChI=1S/C18H15NO2/c1-2-18(21)16-9-10-19-17-11-13(5-8-15(16)17)12-3-6-14(20)7-4-12/h3-11,20H,2H2,1H3. The summed E-state index contributed by atoms with van der Waals surface area (Å²) in [6.07, 6.45) is 2.16. The molecule has 0 radical (unpaired) electrons. The molecule has 0 saturated heterocycles. The third-order valence-corrected chi connectivity index (χ3v) is 3.56. The minimum Gasteiger partial charge on any atom is -0.508 e. The Balaban J connectivity index is 2.13. The van der Waals surface area contributed by atoms with Crippen molar-refractivity contribution in [1.29, 1.82) is 0 Å². The SMILES string of the molecule is CCC(=O)c1ccnc2cc(-c3ccc(O)cc3)ccc12. The zero-order chi connectivity index (χ0) is 14.8. The van der Waals surface area contributed by atoms with Gasteiger partial charge in [-0.15, -0.1) is 0 Å². The Morgan fingerprint density at radius 3 is 2.48 bits per heavy atom. The number of phenolic OH excluding ortho intramolecular Hbond substituents is 1. The van der Waals surface area contributed by atoms with Crippen LogP contribution in [0.25, 0.3) is 22.0 Å². The highest BCUT2D eigenvalue weighted by atomic mass is 16.3. The van der Waals surface area contributed by atoms with Crippen LogP contribution in [0.3, 0.4) is 0 Å². The number of benzene rings is 2. The van der Waals surface area contributed by atoms with E-state index >= 15 is 0 Å². The Hall–Kier alpha value is -2.68. The number of fused-ring (bicyclic) bond motifs is 1. The van der Waals surface area contributed by atoms with Crippen LogP contribution in [0.15, 0.2) is 54.7 Å². The lowest BCUT2D eigenvalue weighted by atomic mass is 9.99. The Bertz CT molecular complexity index is 807. The number of rotatable bonds is 3. The van der Waals surface area contributed by atoms with Crippen LogP contribution >= 0.6 is 0 Å². The molecule has 0 saturated carbocycles. The van der Waals surface area contributed by atoms with Gasteiger partial charge in [-0.2, -0.15) is 0 Å². The number of aromatic nitrogens is 1. The maximum absolute atomic E-state index is 12.0. The molecule has 0 spiro atoms. The fourth-order valence-electron chi connectivity index (χ4n) is 2.42. The Kier molecular flexibility index (Phi) is 3.40. The molecule has 3 nitrogen and oxygen atoms in total. The van der Waals surface area contributed by atoms with E-state index in [4.69, 9.17) is 0 Å². The zero-order valence-electron chi connectivity index (χ0n) is 11.7. The van der Waals surface area contributed by atoms with Crippen molar-refractivity contribution in [3.63, 3.8) is 0 Å². The van der Waals surface area contributed by atoms with E-state index in [1.165, 1.54) is 0 Å². The normalized spacial score (nSPS) is 10.7. The van der Waals surface area contributed by atoms with E-state index in [9.17, 15) is 9.90 Å². The summed E-state index contributed by atoms with van der Waals surface area (Å²) < 4.78 is 0. The van der Waals surface area contributed by atoms with E-state index in [1.54, 1.807) is 24.4 Å². The average Bonchev–Trinajstić information content (AvgIpc) is 2.53. The molecule has 0 aliphatic rings. The predicted molar refractivity (Wildman–Crippen MR) is 83.5 cm³/mol. The maximum atomic E-state index is 12.0. The molecule has 1 heterocycles. The van der Waals surface area contributed by atoms with Crippen molar-refractivity contribution in [3.05, 3.63) is 60.3 Å². The van der Waals surface area contributed by atoms with Crippen molar-refractivity contribution in [2.75, 3.05) is 0 Å². The molecule has 3 aromatic rings. The number of ketones is 1. The first-order valence-corrected chi connectivity index (χ1v) is 6.90. The van der Waals surface area contributed by atoms with Gasteiger partial charge < -0.3 is 5.11 Å². The lowest BCUT2D eigenvalue weighted by molar-refractivity contribution is 0.0989. The van der Waals surface area contributed by atoms with Crippen molar-refractivity contribution >= 4 is 16.7 Å². The number of pyridine rings is 1. The monoisotopic (exact) mass is 277 g/mol. The summed E-state index contributed by atoms with van der Waals surface area (Å²) in [5.74, 6) is 0.369. The van der Waals surface area contributed by atoms with Crippen LogP contribution in [0.4, 0.5) is 0 Å². The van der Waals surface area contributed by atoms with Crippen LogP contribution < -0.4 is 0 Å². The first-order valence-electron chi connectivity index (χ1n) is 6.90. The number of Topliss-reactive ketones (excluding diaryl/α,β-unsaturated/α-hetero) is 1. The summed E-state index contributed by atoms with van der Waals surface area (Å²) in [5.41, 5.74) is 3.54. The van der Waals surface area contributed by atoms with Gasteiger partial charge in [0, 0.05) is 23.6 Å². The molecule has 3 heteroatoms. The second-order valence-electron chi connectivity index (χ2n) is 4.91. The van der Waals surface area contributed by atoms with Gasteiger partial charge in [-0.1, -0.05) is 31.2 Å². The topological polar surface area (TPSA) is 50.2 Å². The molecule has 3 rings (SSSR count). The van der Waals surface area contributed by atoms with Gasteiger partial charge in [0.15, 0.2) is 5.78 Å². The van der Waals surface area contributed by atoms with Crippen LogP contribution in [0.5, 0.6) is 5.75 Å². The van der Waals surface area contributed by atoms with Gasteiger partial charge in [0.1, 0.15) is 5.75 Å². The van der Waals surface area contributed by atoms with E-state index < -0.39 is 0 Å². The van der Waals surface area contributed by atoms with E-state index in [0.717, 1.165) is 27.6 Å². The van der Waals surface area contributed by atoms with E-state index in [1.807, 2.05) is 37.3 Å².